The summed E-state index contributed by atoms with van der Waals surface area (Å²) in [5.74, 6) is -0.570. The van der Waals surface area contributed by atoms with E-state index in [-0.39, 0.29) is 37.8 Å². The van der Waals surface area contributed by atoms with E-state index < -0.39 is 0 Å². The van der Waals surface area contributed by atoms with Crippen molar-refractivity contribution in [3.05, 3.63) is 255 Å². The van der Waals surface area contributed by atoms with E-state index in [1.165, 1.54) is 61.6 Å². The molecule has 356 valence electrons. The minimum atomic E-state index is -0.285. The van der Waals surface area contributed by atoms with Gasteiger partial charge in [0.15, 0.2) is 0 Å². The van der Waals surface area contributed by atoms with E-state index in [0.717, 1.165) is 66.1 Å². The fourth-order valence-corrected chi connectivity index (χ4v) is 9.29. The molecule has 0 N–H and O–H groups in total. The molecule has 7 heterocycles. The number of hydrogen-bond donors (Lipinski definition) is 0. The van der Waals surface area contributed by atoms with Crippen LogP contribution in [-0.4, -0.2) is 46.6 Å². The molecule has 0 bridgehead atoms. The number of nitrogens with zero attached hydrogens (tertiary/aromatic N) is 7. The van der Waals surface area contributed by atoms with Crippen molar-refractivity contribution in [2.45, 2.75) is 13.5 Å². The van der Waals surface area contributed by atoms with Gasteiger partial charge in [0.05, 0.1) is 40.0 Å². The van der Waals surface area contributed by atoms with Crippen molar-refractivity contribution < 1.29 is 29.1 Å². The van der Waals surface area contributed by atoms with Gasteiger partial charge in [-0.15, -0.1) is 0 Å². The molecule has 0 saturated carbocycles. The van der Waals surface area contributed by atoms with Crippen molar-refractivity contribution in [3.8, 4) is 55.9 Å². The molecule has 0 atom stereocenters. The maximum absolute atomic E-state index is 11.6. The van der Waals surface area contributed by atoms with Crippen LogP contribution in [0, 0.1) is 6.92 Å². The number of benzene rings is 6. The first-order valence-electron chi connectivity index (χ1n) is 23.9. The maximum Gasteiger partial charge on any atom is 0.253 e. The molecule has 2 amide bonds. The van der Waals surface area contributed by atoms with E-state index in [9.17, 15) is 9.59 Å². The van der Waals surface area contributed by atoms with Crippen molar-refractivity contribution in [2.75, 3.05) is 0 Å². The van der Waals surface area contributed by atoms with Crippen molar-refractivity contribution in [2.24, 2.45) is 0 Å². The normalized spacial score (nSPS) is 11.8. The van der Waals surface area contributed by atoms with E-state index in [1.807, 2.05) is 74.2 Å². The first-order chi connectivity index (χ1) is 36.0. The van der Waals surface area contributed by atoms with Gasteiger partial charge in [-0.25, -0.2) is 0 Å². The molecule has 12 aromatic rings. The molecule has 0 saturated heterocycles. The van der Waals surface area contributed by atoms with Crippen LogP contribution >= 0.6 is 0 Å². The average Bonchev–Trinajstić information content (AvgIpc) is 3.78. The minimum absolute atomic E-state index is 0. The van der Waals surface area contributed by atoms with Crippen LogP contribution in [0.15, 0.2) is 243 Å². The number of hydrogen-bond acceptors (Lipinski definition) is 8. The number of aromatic nitrogens is 6. The van der Waals surface area contributed by atoms with Crippen molar-refractivity contribution in [1.29, 1.82) is 0 Å². The second-order valence-corrected chi connectivity index (χ2v) is 17.5. The summed E-state index contributed by atoms with van der Waals surface area (Å²) in [6, 6.07) is 66.2. The molecular formula is C64H45N7O2Ru. The van der Waals surface area contributed by atoms with Crippen LogP contribution < -0.4 is 0 Å². The van der Waals surface area contributed by atoms with Gasteiger partial charge in [-0.1, -0.05) is 146 Å². The molecule has 0 fully saturated rings. The molecule has 9 nitrogen and oxygen atoms in total. The summed E-state index contributed by atoms with van der Waals surface area (Å²) in [6.07, 6.45) is 13.5. The van der Waals surface area contributed by atoms with Crippen LogP contribution in [0.4, 0.5) is 0 Å². The average molecular weight is 1050 g/mol. The summed E-state index contributed by atoms with van der Waals surface area (Å²) in [5, 5.41) is 4.51. The van der Waals surface area contributed by atoms with Crippen molar-refractivity contribution >= 4 is 55.4 Å². The number of fused-ring (bicyclic) bond motifs is 6. The summed E-state index contributed by atoms with van der Waals surface area (Å²) in [5.41, 5.74) is 16.7. The zero-order chi connectivity index (χ0) is 49.5. The molecule has 1 aliphatic heterocycles. The standard InChI is InChI=1S/2C24H16N2.C16H13N3O2.Ru/c2*1-3-7-17(8-4-1)19-13-15-25-23-21(19)11-12-22-20(14-16-26-24(22)23)18-9-5-2-6-10-18;1-11-4-6-17-13(8-11)14-9-12(5-7-18-14)10-19-15(20)2-3-16(19)21;/h2*1-16H;2-9H,10H2,1H3;. The Bertz CT molecular complexity index is 3600. The number of amides is 2. The molecule has 10 heteroatoms. The number of carbonyl (C=O) groups excluding carboxylic acids is 2. The van der Waals surface area contributed by atoms with E-state index >= 15 is 0 Å². The Balaban J connectivity index is 0.000000127. The summed E-state index contributed by atoms with van der Waals surface area (Å²) in [4.78, 5) is 51.6. The fourth-order valence-electron chi connectivity index (χ4n) is 9.29. The summed E-state index contributed by atoms with van der Waals surface area (Å²) in [6.45, 7) is 2.23. The topological polar surface area (TPSA) is 115 Å². The molecule has 6 aromatic carbocycles. The van der Waals surface area contributed by atoms with Gasteiger partial charge in [0.2, 0.25) is 0 Å². The first kappa shape index (κ1) is 48.4. The minimum Gasteiger partial charge on any atom is -0.271 e. The van der Waals surface area contributed by atoms with Gasteiger partial charge in [0, 0.05) is 90.4 Å². The Morgan fingerprint density at radius 3 is 1.00 bits per heavy atom. The largest absolute Gasteiger partial charge is 0.271 e. The Labute approximate surface area is 440 Å². The van der Waals surface area contributed by atoms with Crippen LogP contribution in [0.3, 0.4) is 0 Å². The SMILES string of the molecule is Cc1ccnc(-c2cc(CN3C(=O)C=CC3=O)ccn2)c1.[Ru].c1ccc(-c2ccnc3c2ccc2c(-c4ccccc4)ccnc23)cc1.c1ccc(-c2ccnc3c2ccc2c(-c4ccccc4)ccnc23)cc1. The Hall–Kier alpha value is -9.24. The second kappa shape index (κ2) is 22.0. The smallest absolute Gasteiger partial charge is 0.253 e. The Morgan fingerprint density at radius 2 is 0.662 bits per heavy atom. The quantitative estimate of drug-likeness (QED) is 0.0881. The van der Waals surface area contributed by atoms with E-state index in [0.29, 0.717) is 0 Å². The van der Waals surface area contributed by atoms with Gasteiger partial charge in [0.25, 0.3) is 11.8 Å². The summed E-state index contributed by atoms with van der Waals surface area (Å²) in [7, 11) is 0. The molecule has 74 heavy (non-hydrogen) atoms. The number of carbonyl (C=O) groups is 2. The third-order valence-electron chi connectivity index (χ3n) is 12.8. The maximum atomic E-state index is 11.6. The van der Waals surface area contributed by atoms with Gasteiger partial charge in [-0.2, -0.15) is 0 Å². The first-order valence-corrected chi connectivity index (χ1v) is 23.9. The number of imide groups is 1. The van der Waals surface area contributed by atoms with Gasteiger partial charge in [-0.3, -0.25) is 44.4 Å². The van der Waals surface area contributed by atoms with E-state index in [2.05, 4.69) is 175 Å². The second-order valence-electron chi connectivity index (χ2n) is 17.5. The van der Waals surface area contributed by atoms with Gasteiger partial charge >= 0.3 is 0 Å². The summed E-state index contributed by atoms with van der Waals surface area (Å²) < 4.78 is 0. The van der Waals surface area contributed by atoms with Crippen LogP contribution in [0.2, 0.25) is 0 Å². The molecule has 13 rings (SSSR count). The van der Waals surface area contributed by atoms with Crippen molar-refractivity contribution in [3.63, 3.8) is 0 Å². The Kier molecular flexibility index (Phi) is 14.4. The van der Waals surface area contributed by atoms with E-state index in [1.54, 1.807) is 18.5 Å². The molecule has 1 aliphatic rings. The molecule has 0 aliphatic carbocycles. The van der Waals surface area contributed by atoms with E-state index in [4.69, 9.17) is 0 Å². The molecular weight excluding hydrogens is 1000 g/mol. The Morgan fingerprint density at radius 1 is 0.351 bits per heavy atom. The number of aryl methyl sites for hydroxylation is 1. The third-order valence-corrected chi connectivity index (χ3v) is 12.8. The number of pyridine rings is 6. The fraction of sp³-hybridized carbons (Fsp3) is 0.0312. The van der Waals surface area contributed by atoms with Gasteiger partial charge < -0.3 is 0 Å². The van der Waals surface area contributed by atoms with Crippen LogP contribution in [-0.2, 0) is 35.6 Å². The predicted molar refractivity (Wildman–Crippen MR) is 293 cm³/mol. The number of rotatable bonds is 7. The zero-order valence-corrected chi connectivity index (χ0v) is 41.8. The predicted octanol–water partition coefficient (Wildman–Crippen LogP) is 14.1. The molecule has 0 spiro atoms. The molecule has 0 unspecified atom stereocenters. The monoisotopic (exact) mass is 1050 g/mol. The van der Waals surface area contributed by atoms with Crippen LogP contribution in [0.5, 0.6) is 0 Å². The van der Waals surface area contributed by atoms with Crippen LogP contribution in [0.1, 0.15) is 11.1 Å². The zero-order valence-electron chi connectivity index (χ0n) is 40.1. The molecule has 6 aromatic heterocycles. The van der Waals surface area contributed by atoms with Crippen LogP contribution in [0.25, 0.3) is 99.5 Å². The third kappa shape index (κ3) is 10.1. The molecule has 0 radical (unpaired) electrons. The van der Waals surface area contributed by atoms with Crippen molar-refractivity contribution in [1.82, 2.24) is 34.8 Å². The van der Waals surface area contributed by atoms with Gasteiger partial charge in [-0.05, 0) is 111 Å². The summed E-state index contributed by atoms with van der Waals surface area (Å²) >= 11 is 0. The van der Waals surface area contributed by atoms with Gasteiger partial charge in [0.1, 0.15) is 0 Å².